The van der Waals surface area contributed by atoms with E-state index in [-0.39, 0.29) is 18.4 Å². The van der Waals surface area contributed by atoms with E-state index in [0.29, 0.717) is 20.7 Å². The number of nitrogens with zero attached hydrogens (tertiary/aromatic N) is 1. The SMILES string of the molecule is COc1cc2c(cc1OC)C(CCS(=O)c1ccc(Cl)c(Cl)c1)N(C)CC2.Cl. The average Bonchev–Trinajstić information content (AvgIpc) is 2.68. The number of likely N-dealkylation sites (N-methyl/N-ethyl adjacent to an activating group) is 1. The summed E-state index contributed by atoms with van der Waals surface area (Å²) in [4.78, 5) is 3.01. The fraction of sp³-hybridized carbons (Fsp3) is 0.400. The van der Waals surface area contributed by atoms with Crippen LogP contribution in [0, 0.1) is 0 Å². The Kier molecular flexibility index (Phi) is 8.46. The highest BCUT2D eigenvalue weighted by Gasteiger charge is 2.27. The van der Waals surface area contributed by atoms with Crippen LogP contribution in [0.1, 0.15) is 23.6 Å². The minimum atomic E-state index is -1.13. The van der Waals surface area contributed by atoms with Gasteiger partial charge < -0.3 is 9.47 Å². The molecule has 2 atom stereocenters. The third kappa shape index (κ3) is 4.95. The summed E-state index contributed by atoms with van der Waals surface area (Å²) < 4.78 is 23.6. The van der Waals surface area contributed by atoms with Crippen molar-refractivity contribution < 1.29 is 13.7 Å². The van der Waals surface area contributed by atoms with Gasteiger partial charge in [0.05, 0.1) is 35.1 Å². The zero-order valence-corrected chi connectivity index (χ0v) is 19.2. The molecule has 28 heavy (non-hydrogen) atoms. The maximum atomic E-state index is 12.7. The Labute approximate surface area is 185 Å². The third-order valence-corrected chi connectivity index (χ3v) is 7.13. The highest BCUT2D eigenvalue weighted by molar-refractivity contribution is 7.85. The Balaban J connectivity index is 0.00000280. The van der Waals surface area contributed by atoms with E-state index in [1.807, 2.05) is 0 Å². The summed E-state index contributed by atoms with van der Waals surface area (Å²) in [6, 6.07) is 9.44. The quantitative estimate of drug-likeness (QED) is 0.592. The van der Waals surface area contributed by atoms with Crippen molar-refractivity contribution in [3.63, 3.8) is 0 Å². The number of methoxy groups -OCH3 is 2. The lowest BCUT2D eigenvalue weighted by Gasteiger charge is -2.35. The van der Waals surface area contributed by atoms with Crippen LogP contribution in [0.25, 0.3) is 0 Å². The normalized spacial score (nSPS) is 17.4. The summed E-state index contributed by atoms with van der Waals surface area (Å²) in [7, 11) is 4.26. The molecule has 0 bridgehead atoms. The van der Waals surface area contributed by atoms with Crippen LogP contribution < -0.4 is 9.47 Å². The molecule has 1 heterocycles. The van der Waals surface area contributed by atoms with Gasteiger partial charge in [0, 0.05) is 23.2 Å². The predicted octanol–water partition coefficient (Wildman–Crippen LogP) is 5.16. The molecule has 1 aliphatic heterocycles. The van der Waals surface area contributed by atoms with Gasteiger partial charge in [0.2, 0.25) is 0 Å². The molecule has 8 heteroatoms. The lowest BCUT2D eigenvalue weighted by Crippen LogP contribution is -2.33. The van der Waals surface area contributed by atoms with Crippen molar-refractivity contribution in [2.75, 3.05) is 33.6 Å². The summed E-state index contributed by atoms with van der Waals surface area (Å²) in [5, 5.41) is 0.902. The van der Waals surface area contributed by atoms with Gasteiger partial charge in [0.15, 0.2) is 11.5 Å². The van der Waals surface area contributed by atoms with Crippen molar-refractivity contribution in [2.24, 2.45) is 0 Å². The molecule has 3 rings (SSSR count). The van der Waals surface area contributed by atoms with Crippen molar-refractivity contribution in [3.8, 4) is 11.5 Å². The molecule has 0 aromatic heterocycles. The van der Waals surface area contributed by atoms with Gasteiger partial charge in [-0.3, -0.25) is 9.11 Å². The number of benzene rings is 2. The van der Waals surface area contributed by atoms with Crippen molar-refractivity contribution in [1.29, 1.82) is 0 Å². The zero-order valence-electron chi connectivity index (χ0n) is 16.0. The van der Waals surface area contributed by atoms with Crippen molar-refractivity contribution in [3.05, 3.63) is 51.5 Å². The summed E-state index contributed by atoms with van der Waals surface area (Å²) in [6.07, 6.45) is 1.73. The van der Waals surface area contributed by atoms with E-state index in [1.165, 1.54) is 11.1 Å². The fourth-order valence-corrected chi connectivity index (χ4v) is 4.99. The van der Waals surface area contributed by atoms with Gasteiger partial charge in [-0.15, -0.1) is 12.4 Å². The topological polar surface area (TPSA) is 38.8 Å². The van der Waals surface area contributed by atoms with Crippen LogP contribution in [0.4, 0.5) is 0 Å². The first-order valence-electron chi connectivity index (χ1n) is 8.73. The number of fused-ring (bicyclic) bond motifs is 1. The first-order valence-corrected chi connectivity index (χ1v) is 10.8. The molecule has 2 aromatic carbocycles. The van der Waals surface area contributed by atoms with Gasteiger partial charge in [0.25, 0.3) is 0 Å². The Morgan fingerprint density at radius 3 is 2.43 bits per heavy atom. The summed E-state index contributed by atoms with van der Waals surface area (Å²) in [5.41, 5.74) is 2.48. The fourth-order valence-electron chi connectivity index (χ4n) is 3.48. The third-order valence-electron chi connectivity index (χ3n) is 5.00. The molecule has 154 valence electrons. The second kappa shape index (κ2) is 10.2. The predicted molar refractivity (Wildman–Crippen MR) is 118 cm³/mol. The van der Waals surface area contributed by atoms with Gasteiger partial charge in [-0.25, -0.2) is 0 Å². The molecule has 0 saturated carbocycles. The minimum absolute atomic E-state index is 0. The second-order valence-corrected chi connectivity index (χ2v) is 8.95. The molecule has 0 N–H and O–H groups in total. The van der Waals surface area contributed by atoms with E-state index >= 15 is 0 Å². The molecule has 0 radical (unpaired) electrons. The summed E-state index contributed by atoms with van der Waals surface area (Å²) >= 11 is 12.0. The molecule has 4 nitrogen and oxygen atoms in total. The van der Waals surface area contributed by atoms with Crippen LogP contribution in [-0.4, -0.2) is 42.7 Å². The number of rotatable bonds is 6. The molecule has 1 aliphatic rings. The van der Waals surface area contributed by atoms with Crippen molar-refractivity contribution in [1.82, 2.24) is 4.90 Å². The van der Waals surface area contributed by atoms with Gasteiger partial charge in [0.1, 0.15) is 0 Å². The minimum Gasteiger partial charge on any atom is -0.493 e. The van der Waals surface area contributed by atoms with E-state index in [4.69, 9.17) is 32.7 Å². The van der Waals surface area contributed by atoms with E-state index in [2.05, 4.69) is 24.1 Å². The second-order valence-electron chi connectivity index (χ2n) is 6.57. The molecule has 0 aliphatic carbocycles. The molecule has 0 amide bonds. The molecular formula is C20H24Cl3NO3S. The highest BCUT2D eigenvalue weighted by Crippen LogP contribution is 2.39. The van der Waals surface area contributed by atoms with Crippen LogP contribution in [0.2, 0.25) is 10.0 Å². The average molecular weight is 465 g/mol. The van der Waals surface area contributed by atoms with Crippen LogP contribution >= 0.6 is 35.6 Å². The largest absolute Gasteiger partial charge is 0.493 e. The Bertz CT molecular complexity index is 863. The maximum Gasteiger partial charge on any atom is 0.161 e. The standard InChI is InChI=1S/C20H23Cl2NO3S.ClH/c1-23-8-6-13-10-19(25-2)20(26-3)12-15(13)18(23)7-9-27(24)14-4-5-16(21)17(22)11-14;/h4-5,10-12,18H,6-9H2,1-3H3;1H. The van der Waals surface area contributed by atoms with Crippen LogP contribution in [0.15, 0.2) is 35.2 Å². The zero-order chi connectivity index (χ0) is 19.6. The molecule has 0 fully saturated rings. The van der Waals surface area contributed by atoms with Crippen LogP contribution in [-0.2, 0) is 17.2 Å². The molecule has 2 aromatic rings. The smallest absolute Gasteiger partial charge is 0.161 e. The van der Waals surface area contributed by atoms with Gasteiger partial charge >= 0.3 is 0 Å². The lowest BCUT2D eigenvalue weighted by molar-refractivity contribution is 0.224. The van der Waals surface area contributed by atoms with E-state index < -0.39 is 10.8 Å². The molecular weight excluding hydrogens is 441 g/mol. The Morgan fingerprint density at radius 2 is 1.79 bits per heavy atom. The van der Waals surface area contributed by atoms with E-state index in [9.17, 15) is 4.21 Å². The number of hydrogen-bond acceptors (Lipinski definition) is 4. The monoisotopic (exact) mass is 463 g/mol. The van der Waals surface area contributed by atoms with Gasteiger partial charge in [-0.1, -0.05) is 23.2 Å². The number of halogens is 3. The Morgan fingerprint density at radius 1 is 1.11 bits per heavy atom. The Hall–Kier alpha value is -0.980. The molecule has 2 unspecified atom stereocenters. The van der Waals surface area contributed by atoms with Crippen LogP contribution in [0.5, 0.6) is 11.5 Å². The first kappa shape index (κ1) is 23.3. The van der Waals surface area contributed by atoms with Crippen molar-refractivity contribution >= 4 is 46.4 Å². The van der Waals surface area contributed by atoms with Gasteiger partial charge in [-0.2, -0.15) is 0 Å². The maximum absolute atomic E-state index is 12.7. The molecule has 0 spiro atoms. The number of hydrogen-bond donors (Lipinski definition) is 0. The van der Waals surface area contributed by atoms with E-state index in [1.54, 1.807) is 32.4 Å². The molecule has 0 saturated heterocycles. The van der Waals surface area contributed by atoms with Crippen LogP contribution in [0.3, 0.4) is 0 Å². The first-order chi connectivity index (χ1) is 12.9. The summed E-state index contributed by atoms with van der Waals surface area (Å²) in [6.45, 7) is 0.951. The summed E-state index contributed by atoms with van der Waals surface area (Å²) in [5.74, 6) is 2.02. The van der Waals surface area contributed by atoms with Crippen molar-refractivity contribution in [2.45, 2.75) is 23.8 Å². The number of ether oxygens (including phenoxy) is 2. The lowest BCUT2D eigenvalue weighted by atomic mass is 9.91. The van der Waals surface area contributed by atoms with Gasteiger partial charge in [-0.05, 0) is 61.3 Å². The van der Waals surface area contributed by atoms with E-state index in [0.717, 1.165) is 30.9 Å². The highest BCUT2D eigenvalue weighted by atomic mass is 35.5.